The molecule has 0 bridgehead atoms. The number of nitrogens with zero attached hydrogens (tertiary/aromatic N) is 3. The summed E-state index contributed by atoms with van der Waals surface area (Å²) >= 11 is 0. The number of hydrogen-bond acceptors (Lipinski definition) is 5. The number of carboxylic acids is 1. The molecule has 0 atom stereocenters. The standard InChI is InChI=1S/C21H23N3O3/c1-13(2)10-16-5-8-18(22-12-16)21-23-20(24-27-21)17-7-4-15(11-14(17)3)6-9-19(25)26/h4-5,7-8,11-13H,6,9-10H2,1-3H3,(H,25,26). The SMILES string of the molecule is Cc1cc(CCC(=O)O)ccc1-c1noc(-c2ccc(CC(C)C)cn2)n1. The molecule has 1 N–H and O–H groups in total. The number of pyridine rings is 1. The summed E-state index contributed by atoms with van der Waals surface area (Å²) in [6, 6.07) is 9.71. The van der Waals surface area contributed by atoms with Crippen LogP contribution in [0.25, 0.3) is 23.0 Å². The average molecular weight is 365 g/mol. The van der Waals surface area contributed by atoms with Gasteiger partial charge in [-0.15, -0.1) is 0 Å². The molecule has 0 spiro atoms. The molecule has 3 rings (SSSR count). The smallest absolute Gasteiger partial charge is 0.303 e. The van der Waals surface area contributed by atoms with Gasteiger partial charge in [0, 0.05) is 18.2 Å². The van der Waals surface area contributed by atoms with Gasteiger partial charge in [-0.25, -0.2) is 0 Å². The van der Waals surface area contributed by atoms with Crippen molar-refractivity contribution in [2.24, 2.45) is 5.92 Å². The van der Waals surface area contributed by atoms with Crippen LogP contribution in [0.5, 0.6) is 0 Å². The minimum Gasteiger partial charge on any atom is -0.481 e. The molecule has 0 aliphatic heterocycles. The van der Waals surface area contributed by atoms with Crippen LogP contribution >= 0.6 is 0 Å². The van der Waals surface area contributed by atoms with E-state index >= 15 is 0 Å². The van der Waals surface area contributed by atoms with Gasteiger partial charge in [0.05, 0.1) is 0 Å². The molecule has 1 aromatic carbocycles. The number of rotatable bonds is 7. The van der Waals surface area contributed by atoms with Crippen molar-refractivity contribution in [3.63, 3.8) is 0 Å². The van der Waals surface area contributed by atoms with E-state index in [1.807, 2.05) is 43.5 Å². The van der Waals surface area contributed by atoms with Crippen LogP contribution in [0.3, 0.4) is 0 Å². The number of aromatic nitrogens is 3. The van der Waals surface area contributed by atoms with E-state index in [9.17, 15) is 4.79 Å². The quantitative estimate of drug-likeness (QED) is 0.670. The normalized spacial score (nSPS) is 11.1. The Balaban J connectivity index is 1.78. The lowest BCUT2D eigenvalue weighted by atomic mass is 10.0. The minimum atomic E-state index is -0.800. The van der Waals surface area contributed by atoms with Gasteiger partial charge in [-0.1, -0.05) is 43.3 Å². The van der Waals surface area contributed by atoms with Crippen molar-refractivity contribution in [1.82, 2.24) is 15.1 Å². The Kier molecular flexibility index (Phi) is 5.64. The molecule has 6 nitrogen and oxygen atoms in total. The number of hydrogen-bond donors (Lipinski definition) is 1. The second kappa shape index (κ2) is 8.12. The Morgan fingerprint density at radius 3 is 2.59 bits per heavy atom. The molecule has 0 radical (unpaired) electrons. The van der Waals surface area contributed by atoms with Gasteiger partial charge in [-0.05, 0) is 48.4 Å². The summed E-state index contributed by atoms with van der Waals surface area (Å²) in [4.78, 5) is 19.6. The topological polar surface area (TPSA) is 89.1 Å². The first-order chi connectivity index (χ1) is 12.9. The molecular formula is C21H23N3O3. The van der Waals surface area contributed by atoms with Crippen molar-refractivity contribution in [2.75, 3.05) is 0 Å². The van der Waals surface area contributed by atoms with E-state index in [0.717, 1.165) is 23.1 Å². The van der Waals surface area contributed by atoms with E-state index in [1.165, 1.54) is 5.56 Å². The first-order valence-electron chi connectivity index (χ1n) is 9.03. The molecule has 0 saturated carbocycles. The second-order valence-corrected chi connectivity index (χ2v) is 7.12. The summed E-state index contributed by atoms with van der Waals surface area (Å²) in [6.07, 6.45) is 3.45. The third kappa shape index (κ3) is 4.78. The molecule has 0 saturated heterocycles. The maximum Gasteiger partial charge on any atom is 0.303 e. The molecule has 0 unspecified atom stereocenters. The maximum absolute atomic E-state index is 10.7. The number of carboxylic acid groups (broad SMARTS) is 1. The summed E-state index contributed by atoms with van der Waals surface area (Å²) in [7, 11) is 0. The lowest BCUT2D eigenvalue weighted by Crippen LogP contribution is -1.98. The van der Waals surface area contributed by atoms with Crippen molar-refractivity contribution in [2.45, 2.75) is 40.0 Å². The Hall–Kier alpha value is -3.02. The molecule has 27 heavy (non-hydrogen) atoms. The molecule has 2 heterocycles. The van der Waals surface area contributed by atoms with Gasteiger partial charge in [0.15, 0.2) is 0 Å². The number of aliphatic carboxylic acids is 1. The van der Waals surface area contributed by atoms with E-state index in [2.05, 4.69) is 29.0 Å². The van der Waals surface area contributed by atoms with Crippen LogP contribution in [-0.2, 0) is 17.6 Å². The van der Waals surface area contributed by atoms with Crippen LogP contribution < -0.4 is 0 Å². The van der Waals surface area contributed by atoms with Crippen LogP contribution in [0.2, 0.25) is 0 Å². The third-order valence-electron chi connectivity index (χ3n) is 4.27. The molecule has 0 aliphatic carbocycles. The van der Waals surface area contributed by atoms with Crippen LogP contribution in [0.15, 0.2) is 41.1 Å². The highest BCUT2D eigenvalue weighted by molar-refractivity contribution is 5.67. The van der Waals surface area contributed by atoms with Gasteiger partial charge in [0.1, 0.15) is 5.69 Å². The van der Waals surface area contributed by atoms with Gasteiger partial charge in [0.2, 0.25) is 5.82 Å². The van der Waals surface area contributed by atoms with Crippen molar-refractivity contribution >= 4 is 5.97 Å². The zero-order chi connectivity index (χ0) is 19.4. The maximum atomic E-state index is 10.7. The average Bonchev–Trinajstić information content (AvgIpc) is 3.10. The van der Waals surface area contributed by atoms with Crippen molar-refractivity contribution in [3.05, 3.63) is 53.2 Å². The third-order valence-corrected chi connectivity index (χ3v) is 4.27. The van der Waals surface area contributed by atoms with Crippen LogP contribution in [-0.4, -0.2) is 26.2 Å². The monoisotopic (exact) mass is 365 g/mol. The van der Waals surface area contributed by atoms with E-state index in [4.69, 9.17) is 9.63 Å². The Morgan fingerprint density at radius 2 is 1.96 bits per heavy atom. The van der Waals surface area contributed by atoms with E-state index in [1.54, 1.807) is 0 Å². The lowest BCUT2D eigenvalue weighted by Gasteiger charge is -2.05. The minimum absolute atomic E-state index is 0.115. The first-order valence-corrected chi connectivity index (χ1v) is 9.03. The Morgan fingerprint density at radius 1 is 1.19 bits per heavy atom. The molecule has 3 aromatic rings. The fourth-order valence-corrected chi connectivity index (χ4v) is 2.96. The molecule has 0 amide bonds. The first kappa shape index (κ1) is 18.8. The van der Waals surface area contributed by atoms with Crippen LogP contribution in [0.1, 0.15) is 37.0 Å². The summed E-state index contributed by atoms with van der Waals surface area (Å²) in [6.45, 7) is 6.30. The number of aryl methyl sites for hydroxylation is 2. The molecule has 140 valence electrons. The van der Waals surface area contributed by atoms with Gasteiger partial charge in [-0.3, -0.25) is 9.78 Å². The molecule has 6 heteroatoms. The molecular weight excluding hydrogens is 342 g/mol. The number of carbonyl (C=O) groups is 1. The number of benzene rings is 1. The van der Waals surface area contributed by atoms with Crippen LogP contribution in [0, 0.1) is 12.8 Å². The van der Waals surface area contributed by atoms with Crippen molar-refractivity contribution in [1.29, 1.82) is 0 Å². The zero-order valence-electron chi connectivity index (χ0n) is 15.8. The fourth-order valence-electron chi connectivity index (χ4n) is 2.96. The molecule has 2 aromatic heterocycles. The lowest BCUT2D eigenvalue weighted by molar-refractivity contribution is -0.136. The van der Waals surface area contributed by atoms with Gasteiger partial charge >= 0.3 is 5.97 Å². The van der Waals surface area contributed by atoms with Crippen molar-refractivity contribution < 1.29 is 14.4 Å². The highest BCUT2D eigenvalue weighted by Crippen LogP contribution is 2.25. The van der Waals surface area contributed by atoms with E-state index in [0.29, 0.717) is 29.7 Å². The van der Waals surface area contributed by atoms with E-state index in [-0.39, 0.29) is 6.42 Å². The van der Waals surface area contributed by atoms with Gasteiger partial charge in [-0.2, -0.15) is 4.98 Å². The summed E-state index contributed by atoms with van der Waals surface area (Å²) in [5, 5.41) is 12.9. The predicted octanol–water partition coefficient (Wildman–Crippen LogP) is 4.32. The zero-order valence-corrected chi connectivity index (χ0v) is 15.8. The largest absolute Gasteiger partial charge is 0.481 e. The molecule has 0 aliphatic rings. The van der Waals surface area contributed by atoms with Gasteiger partial charge in [0.25, 0.3) is 5.89 Å². The summed E-state index contributed by atoms with van der Waals surface area (Å²) in [5.74, 6) is 0.663. The Labute approximate surface area is 158 Å². The van der Waals surface area contributed by atoms with Gasteiger partial charge < -0.3 is 9.63 Å². The highest BCUT2D eigenvalue weighted by Gasteiger charge is 2.14. The van der Waals surface area contributed by atoms with Crippen molar-refractivity contribution in [3.8, 4) is 23.0 Å². The molecule has 0 fully saturated rings. The predicted molar refractivity (Wildman–Crippen MR) is 102 cm³/mol. The summed E-state index contributed by atoms with van der Waals surface area (Å²) in [5.41, 5.74) is 4.65. The summed E-state index contributed by atoms with van der Waals surface area (Å²) < 4.78 is 5.39. The van der Waals surface area contributed by atoms with E-state index < -0.39 is 5.97 Å². The fraction of sp³-hybridized carbons (Fsp3) is 0.333. The highest BCUT2D eigenvalue weighted by atomic mass is 16.5. The van der Waals surface area contributed by atoms with Crippen LogP contribution in [0.4, 0.5) is 0 Å². The second-order valence-electron chi connectivity index (χ2n) is 7.12. The Bertz CT molecular complexity index is 930.